The van der Waals surface area contributed by atoms with E-state index in [4.69, 9.17) is 4.98 Å². The van der Waals surface area contributed by atoms with Crippen LogP contribution in [-0.2, 0) is 5.41 Å². The fourth-order valence-corrected chi connectivity index (χ4v) is 3.26. The van der Waals surface area contributed by atoms with Gasteiger partial charge >= 0.3 is 0 Å². The van der Waals surface area contributed by atoms with E-state index in [2.05, 4.69) is 53.2 Å². The Labute approximate surface area is 147 Å². The quantitative estimate of drug-likeness (QED) is 0.764. The molecule has 4 rings (SSSR count). The molecular formula is C18H25N7. The molecule has 1 fully saturated rings. The highest BCUT2D eigenvalue weighted by Crippen LogP contribution is 2.27. The van der Waals surface area contributed by atoms with Crippen molar-refractivity contribution in [2.45, 2.75) is 52.0 Å². The van der Waals surface area contributed by atoms with Crippen molar-refractivity contribution < 1.29 is 0 Å². The minimum absolute atomic E-state index is 0.0269. The first-order valence-electron chi connectivity index (χ1n) is 8.87. The molecule has 0 aliphatic carbocycles. The first-order chi connectivity index (χ1) is 11.9. The van der Waals surface area contributed by atoms with Crippen LogP contribution < -0.4 is 10.2 Å². The number of anilines is 3. The smallest absolute Gasteiger partial charge is 0.245 e. The molecule has 3 aromatic heterocycles. The van der Waals surface area contributed by atoms with Crippen LogP contribution in [-0.4, -0.2) is 37.4 Å². The largest absolute Gasteiger partial charge is 0.337 e. The third-order valence-corrected chi connectivity index (χ3v) is 4.82. The Hall–Kier alpha value is -2.57. The van der Waals surface area contributed by atoms with Gasteiger partial charge in [0.25, 0.3) is 0 Å². The summed E-state index contributed by atoms with van der Waals surface area (Å²) in [4.78, 5) is 7.07. The molecule has 0 bridgehead atoms. The van der Waals surface area contributed by atoms with Gasteiger partial charge in [-0.3, -0.25) is 5.10 Å². The van der Waals surface area contributed by atoms with Crippen molar-refractivity contribution in [2.75, 3.05) is 16.8 Å². The lowest BCUT2D eigenvalue weighted by molar-refractivity contribution is 0.567. The normalized spacial score (nSPS) is 18.2. The maximum atomic E-state index is 4.80. The summed E-state index contributed by atoms with van der Waals surface area (Å²) in [6.07, 6.45) is 4.33. The number of hydrogen-bond donors (Lipinski definition) is 2. The van der Waals surface area contributed by atoms with Crippen LogP contribution >= 0.6 is 0 Å². The molecule has 132 valence electrons. The molecule has 1 atom stereocenters. The Morgan fingerprint density at radius 1 is 1.32 bits per heavy atom. The standard InChI is InChI=1S/C18H25N7/c1-12-7-5-9-24(12)17-20-16(13-8-6-10-25(13)23-17)19-15-11-14(21-22-15)18(2,3)4/h6,8,10-12H,5,7,9H2,1-4H3,(H2,19,20,21,22,23). The Bertz CT molecular complexity index is 886. The lowest BCUT2D eigenvalue weighted by atomic mass is 9.92. The zero-order chi connectivity index (χ0) is 17.6. The van der Waals surface area contributed by atoms with Crippen molar-refractivity contribution >= 4 is 23.1 Å². The van der Waals surface area contributed by atoms with E-state index in [1.807, 2.05) is 28.9 Å². The van der Waals surface area contributed by atoms with Gasteiger partial charge in [0.05, 0.1) is 0 Å². The lowest BCUT2D eigenvalue weighted by Crippen LogP contribution is -2.29. The zero-order valence-corrected chi connectivity index (χ0v) is 15.2. The maximum absolute atomic E-state index is 4.80. The summed E-state index contributed by atoms with van der Waals surface area (Å²) in [5, 5.41) is 15.5. The van der Waals surface area contributed by atoms with Crippen LogP contribution in [0.4, 0.5) is 17.6 Å². The van der Waals surface area contributed by atoms with Gasteiger partial charge in [-0.25, -0.2) is 4.52 Å². The first kappa shape index (κ1) is 15.9. The van der Waals surface area contributed by atoms with Crippen molar-refractivity contribution in [3.63, 3.8) is 0 Å². The average molecular weight is 339 g/mol. The summed E-state index contributed by atoms with van der Waals surface area (Å²) >= 11 is 0. The van der Waals surface area contributed by atoms with Gasteiger partial charge in [0.1, 0.15) is 5.52 Å². The SMILES string of the molecule is CC1CCCN1c1nc(Nc2cc(C(C)(C)C)[nH]n2)c2cccn2n1. The van der Waals surface area contributed by atoms with Gasteiger partial charge in [0.15, 0.2) is 11.6 Å². The molecule has 1 saturated heterocycles. The van der Waals surface area contributed by atoms with Crippen LogP contribution in [0.1, 0.15) is 46.2 Å². The number of aromatic amines is 1. The van der Waals surface area contributed by atoms with E-state index in [0.717, 1.165) is 35.3 Å². The third kappa shape index (κ3) is 2.94. The van der Waals surface area contributed by atoms with Gasteiger partial charge in [0, 0.05) is 36.0 Å². The van der Waals surface area contributed by atoms with Crippen LogP contribution in [0, 0.1) is 0 Å². The van der Waals surface area contributed by atoms with Crippen LogP contribution in [0.15, 0.2) is 24.4 Å². The van der Waals surface area contributed by atoms with E-state index in [1.54, 1.807) is 0 Å². The third-order valence-electron chi connectivity index (χ3n) is 4.82. The Kier molecular flexibility index (Phi) is 3.67. The molecule has 7 nitrogen and oxygen atoms in total. The molecule has 0 amide bonds. The van der Waals surface area contributed by atoms with Crippen molar-refractivity contribution in [3.8, 4) is 0 Å². The number of fused-ring (bicyclic) bond motifs is 1. The second kappa shape index (κ2) is 5.75. The second-order valence-corrected chi connectivity index (χ2v) is 7.82. The fraction of sp³-hybridized carbons (Fsp3) is 0.500. The Morgan fingerprint density at radius 2 is 2.16 bits per heavy atom. The molecule has 25 heavy (non-hydrogen) atoms. The summed E-state index contributed by atoms with van der Waals surface area (Å²) in [6.45, 7) is 9.71. The first-order valence-corrected chi connectivity index (χ1v) is 8.87. The van der Waals surface area contributed by atoms with Crippen molar-refractivity contribution in [3.05, 3.63) is 30.1 Å². The Morgan fingerprint density at radius 3 is 2.84 bits per heavy atom. The number of aromatic nitrogens is 5. The van der Waals surface area contributed by atoms with E-state index in [9.17, 15) is 0 Å². The molecule has 1 aliphatic heterocycles. The number of hydrogen-bond acceptors (Lipinski definition) is 5. The summed E-state index contributed by atoms with van der Waals surface area (Å²) in [6, 6.07) is 6.51. The molecule has 3 aromatic rings. The van der Waals surface area contributed by atoms with E-state index in [1.165, 1.54) is 12.8 Å². The van der Waals surface area contributed by atoms with Crippen molar-refractivity contribution in [1.82, 2.24) is 24.8 Å². The molecule has 2 N–H and O–H groups in total. The van der Waals surface area contributed by atoms with Crippen molar-refractivity contribution in [1.29, 1.82) is 0 Å². The van der Waals surface area contributed by atoms with E-state index in [-0.39, 0.29) is 5.41 Å². The average Bonchev–Trinajstić information content (AvgIpc) is 3.25. The van der Waals surface area contributed by atoms with Gasteiger partial charge in [-0.15, -0.1) is 5.10 Å². The van der Waals surface area contributed by atoms with Gasteiger partial charge < -0.3 is 10.2 Å². The predicted molar refractivity (Wildman–Crippen MR) is 99.6 cm³/mol. The highest BCUT2D eigenvalue weighted by Gasteiger charge is 2.24. The minimum Gasteiger partial charge on any atom is -0.337 e. The second-order valence-electron chi connectivity index (χ2n) is 7.82. The molecule has 7 heteroatoms. The summed E-state index contributed by atoms with van der Waals surface area (Å²) in [5.41, 5.74) is 2.05. The molecule has 4 heterocycles. The van der Waals surface area contributed by atoms with Crippen LogP contribution in [0.2, 0.25) is 0 Å². The van der Waals surface area contributed by atoms with E-state index in [0.29, 0.717) is 6.04 Å². The molecule has 0 aromatic carbocycles. The highest BCUT2D eigenvalue weighted by atomic mass is 15.4. The number of nitrogens with zero attached hydrogens (tertiary/aromatic N) is 5. The minimum atomic E-state index is 0.0269. The molecule has 0 radical (unpaired) electrons. The molecule has 1 unspecified atom stereocenters. The number of rotatable bonds is 3. The van der Waals surface area contributed by atoms with Gasteiger partial charge in [-0.2, -0.15) is 10.1 Å². The van der Waals surface area contributed by atoms with Gasteiger partial charge in [0.2, 0.25) is 5.95 Å². The molecular weight excluding hydrogens is 314 g/mol. The van der Waals surface area contributed by atoms with Crippen molar-refractivity contribution in [2.24, 2.45) is 0 Å². The van der Waals surface area contributed by atoms with Gasteiger partial charge in [-0.05, 0) is 31.9 Å². The lowest BCUT2D eigenvalue weighted by Gasteiger charge is -2.22. The Balaban J connectivity index is 1.71. The van der Waals surface area contributed by atoms with Crippen LogP contribution in [0.25, 0.3) is 5.52 Å². The van der Waals surface area contributed by atoms with E-state index >= 15 is 0 Å². The van der Waals surface area contributed by atoms with Crippen LogP contribution in [0.3, 0.4) is 0 Å². The highest BCUT2D eigenvalue weighted by molar-refractivity contribution is 5.73. The van der Waals surface area contributed by atoms with Crippen LogP contribution in [0.5, 0.6) is 0 Å². The van der Waals surface area contributed by atoms with Gasteiger partial charge in [-0.1, -0.05) is 20.8 Å². The summed E-state index contributed by atoms with van der Waals surface area (Å²) < 4.78 is 1.88. The molecule has 0 saturated carbocycles. The fourth-order valence-electron chi connectivity index (χ4n) is 3.26. The summed E-state index contributed by atoms with van der Waals surface area (Å²) in [5.74, 6) is 2.32. The molecule has 1 aliphatic rings. The number of H-pyrrole nitrogens is 1. The summed E-state index contributed by atoms with van der Waals surface area (Å²) in [7, 11) is 0. The number of nitrogens with one attached hydrogen (secondary N) is 2. The zero-order valence-electron chi connectivity index (χ0n) is 15.2. The van der Waals surface area contributed by atoms with E-state index < -0.39 is 0 Å². The maximum Gasteiger partial charge on any atom is 0.245 e. The predicted octanol–water partition coefficient (Wildman–Crippen LogP) is 3.48. The molecule has 0 spiro atoms. The topological polar surface area (TPSA) is 74.1 Å². The monoisotopic (exact) mass is 339 g/mol.